The van der Waals surface area contributed by atoms with Gasteiger partial charge in [-0.25, -0.2) is 0 Å². The van der Waals surface area contributed by atoms with Crippen molar-refractivity contribution in [2.75, 3.05) is 20.8 Å². The second kappa shape index (κ2) is 7.12. The van der Waals surface area contributed by atoms with E-state index < -0.39 is 0 Å². The van der Waals surface area contributed by atoms with Gasteiger partial charge in [0.2, 0.25) is 0 Å². The van der Waals surface area contributed by atoms with Gasteiger partial charge in [-0.2, -0.15) is 0 Å². The highest BCUT2D eigenvalue weighted by Crippen LogP contribution is 2.39. The minimum Gasteiger partial charge on any atom is -0.497 e. The number of nitrogens with zero attached hydrogens (tertiary/aromatic N) is 1. The Morgan fingerprint density at radius 2 is 1.87 bits per heavy atom. The fourth-order valence-electron chi connectivity index (χ4n) is 4.08. The van der Waals surface area contributed by atoms with E-state index in [0.29, 0.717) is 29.0 Å². The minimum absolute atomic E-state index is 0.0676. The molecule has 1 aromatic rings. The molecule has 1 saturated carbocycles. The fourth-order valence-corrected chi connectivity index (χ4v) is 4.69. The van der Waals surface area contributed by atoms with Gasteiger partial charge in [0.15, 0.2) is 0 Å². The van der Waals surface area contributed by atoms with Gasteiger partial charge in [-0.15, -0.1) is 0 Å². The number of methoxy groups -OCH3 is 2. The third kappa shape index (κ3) is 3.21. The number of amides is 1. The van der Waals surface area contributed by atoms with E-state index >= 15 is 0 Å². The molecule has 0 unspecified atom stereocenters. The first-order chi connectivity index (χ1) is 11.2. The number of rotatable bonds is 3. The quantitative estimate of drug-likeness (QED) is 0.784. The van der Waals surface area contributed by atoms with Gasteiger partial charge in [0.1, 0.15) is 11.5 Å². The average molecular weight is 382 g/mol. The molecule has 0 aromatic heterocycles. The second-order valence-electron chi connectivity index (χ2n) is 6.44. The predicted octanol–water partition coefficient (Wildman–Crippen LogP) is 4.26. The van der Waals surface area contributed by atoms with Crippen LogP contribution < -0.4 is 9.47 Å². The Balaban J connectivity index is 1.94. The number of benzene rings is 1. The van der Waals surface area contributed by atoms with Crippen molar-refractivity contribution < 1.29 is 14.3 Å². The molecule has 3 rings (SSSR count). The van der Waals surface area contributed by atoms with E-state index in [4.69, 9.17) is 9.47 Å². The molecule has 2 atom stereocenters. The van der Waals surface area contributed by atoms with Crippen molar-refractivity contribution in [1.82, 2.24) is 4.90 Å². The van der Waals surface area contributed by atoms with Crippen LogP contribution in [0.5, 0.6) is 11.5 Å². The zero-order valence-electron chi connectivity index (χ0n) is 13.8. The third-order valence-corrected chi connectivity index (χ3v) is 5.78. The van der Waals surface area contributed by atoms with Gasteiger partial charge in [-0.05, 0) is 59.7 Å². The van der Waals surface area contributed by atoms with Gasteiger partial charge in [-0.1, -0.05) is 12.8 Å². The third-order valence-electron chi connectivity index (χ3n) is 5.19. The molecule has 1 heterocycles. The molecular formula is C18H24BrNO3. The first-order valence-corrected chi connectivity index (χ1v) is 9.17. The van der Waals surface area contributed by atoms with Crippen LogP contribution in [-0.4, -0.2) is 37.6 Å². The first-order valence-electron chi connectivity index (χ1n) is 8.38. The summed E-state index contributed by atoms with van der Waals surface area (Å²) >= 11 is 3.48. The zero-order chi connectivity index (χ0) is 16.4. The number of carbonyl (C=O) groups is 1. The molecule has 0 radical (unpaired) electrons. The Morgan fingerprint density at radius 3 is 2.61 bits per heavy atom. The molecule has 1 amide bonds. The molecule has 4 nitrogen and oxygen atoms in total. The normalized spacial score (nSPS) is 24.0. The lowest BCUT2D eigenvalue weighted by atomic mass is 9.78. The van der Waals surface area contributed by atoms with Crippen molar-refractivity contribution in [1.29, 1.82) is 0 Å². The zero-order valence-corrected chi connectivity index (χ0v) is 15.4. The van der Waals surface area contributed by atoms with Crippen LogP contribution in [0.15, 0.2) is 16.6 Å². The minimum atomic E-state index is 0.0676. The summed E-state index contributed by atoms with van der Waals surface area (Å²) in [5, 5.41) is 0. The fraction of sp³-hybridized carbons (Fsp3) is 0.611. The van der Waals surface area contributed by atoms with Gasteiger partial charge in [0.25, 0.3) is 5.91 Å². The summed E-state index contributed by atoms with van der Waals surface area (Å²) in [7, 11) is 3.21. The number of hydrogen-bond donors (Lipinski definition) is 0. The molecular weight excluding hydrogens is 358 g/mol. The Labute approximate surface area is 146 Å². The number of hydrogen-bond acceptors (Lipinski definition) is 3. The van der Waals surface area contributed by atoms with Crippen LogP contribution in [-0.2, 0) is 0 Å². The number of carbonyl (C=O) groups excluding carboxylic acids is 1. The van der Waals surface area contributed by atoms with Crippen LogP contribution in [0, 0.1) is 5.92 Å². The lowest BCUT2D eigenvalue weighted by Gasteiger charge is -2.44. The molecule has 23 heavy (non-hydrogen) atoms. The lowest BCUT2D eigenvalue weighted by Crippen LogP contribution is -2.49. The van der Waals surface area contributed by atoms with Crippen molar-refractivity contribution >= 4 is 21.8 Å². The highest BCUT2D eigenvalue weighted by Gasteiger charge is 2.37. The first kappa shape index (κ1) is 16.6. The number of likely N-dealkylation sites (tertiary alicyclic amines) is 1. The van der Waals surface area contributed by atoms with Gasteiger partial charge in [-0.3, -0.25) is 4.79 Å². The van der Waals surface area contributed by atoms with E-state index in [1.165, 1.54) is 25.7 Å². The second-order valence-corrected chi connectivity index (χ2v) is 7.30. The maximum absolute atomic E-state index is 13.2. The summed E-state index contributed by atoms with van der Waals surface area (Å²) in [6, 6.07) is 4.01. The maximum Gasteiger partial charge on any atom is 0.258 e. The van der Waals surface area contributed by atoms with Crippen molar-refractivity contribution in [2.45, 2.75) is 44.6 Å². The van der Waals surface area contributed by atoms with Crippen molar-refractivity contribution in [3.63, 3.8) is 0 Å². The molecule has 1 aliphatic heterocycles. The Bertz CT molecular complexity index is 588. The van der Waals surface area contributed by atoms with E-state index in [2.05, 4.69) is 20.8 Å². The highest BCUT2D eigenvalue weighted by atomic mass is 79.9. The van der Waals surface area contributed by atoms with Crippen LogP contribution in [0.4, 0.5) is 0 Å². The Kier molecular flexibility index (Phi) is 5.14. The number of fused-ring (bicyclic) bond motifs is 1. The molecule has 126 valence electrons. The molecule has 1 saturated heterocycles. The summed E-state index contributed by atoms with van der Waals surface area (Å²) in [5.74, 6) is 1.99. The molecule has 5 heteroatoms. The number of ether oxygens (including phenoxy) is 2. The SMILES string of the molecule is COc1cc(Br)c(OC)c(C(=O)N2CCC[C@H]3CCCC[C@H]32)c1. The summed E-state index contributed by atoms with van der Waals surface area (Å²) < 4.78 is 11.5. The average Bonchev–Trinajstić information content (AvgIpc) is 2.59. The lowest BCUT2D eigenvalue weighted by molar-refractivity contribution is 0.0387. The summed E-state index contributed by atoms with van der Waals surface area (Å²) in [4.78, 5) is 15.3. The molecule has 0 spiro atoms. The van der Waals surface area contributed by atoms with Crippen LogP contribution in [0.25, 0.3) is 0 Å². The van der Waals surface area contributed by atoms with E-state index in [0.717, 1.165) is 23.9 Å². The molecule has 2 aliphatic rings. The van der Waals surface area contributed by atoms with Crippen molar-refractivity contribution in [3.8, 4) is 11.5 Å². The number of halogens is 1. The van der Waals surface area contributed by atoms with Gasteiger partial charge in [0, 0.05) is 12.6 Å². The topological polar surface area (TPSA) is 38.8 Å². The van der Waals surface area contributed by atoms with Gasteiger partial charge in [0.05, 0.1) is 24.3 Å². The van der Waals surface area contributed by atoms with Crippen molar-refractivity contribution in [2.24, 2.45) is 5.92 Å². The van der Waals surface area contributed by atoms with Crippen LogP contribution in [0.2, 0.25) is 0 Å². The van der Waals surface area contributed by atoms with Crippen LogP contribution in [0.3, 0.4) is 0 Å². The van der Waals surface area contributed by atoms with Crippen LogP contribution in [0.1, 0.15) is 48.9 Å². The van der Waals surface area contributed by atoms with Crippen LogP contribution >= 0.6 is 15.9 Å². The molecule has 1 aromatic carbocycles. The van der Waals surface area contributed by atoms with E-state index in [1.54, 1.807) is 20.3 Å². The number of piperidine rings is 1. The smallest absolute Gasteiger partial charge is 0.258 e. The molecule has 0 bridgehead atoms. The van der Waals surface area contributed by atoms with E-state index in [1.807, 2.05) is 6.07 Å². The van der Waals surface area contributed by atoms with Gasteiger partial charge >= 0.3 is 0 Å². The monoisotopic (exact) mass is 381 g/mol. The standard InChI is InChI=1S/C18H24BrNO3/c1-22-13-10-14(17(23-2)15(19)11-13)18(21)20-9-5-7-12-6-3-4-8-16(12)20/h10-12,16H,3-9H2,1-2H3/t12-,16-/m1/s1. The predicted molar refractivity (Wildman–Crippen MR) is 93.3 cm³/mol. The largest absolute Gasteiger partial charge is 0.497 e. The summed E-state index contributed by atoms with van der Waals surface area (Å²) in [6.45, 7) is 0.845. The summed E-state index contributed by atoms with van der Waals surface area (Å²) in [5.41, 5.74) is 0.588. The summed E-state index contributed by atoms with van der Waals surface area (Å²) in [6.07, 6.45) is 7.27. The van der Waals surface area contributed by atoms with E-state index in [9.17, 15) is 4.79 Å². The van der Waals surface area contributed by atoms with Gasteiger partial charge < -0.3 is 14.4 Å². The molecule has 1 aliphatic carbocycles. The molecule has 0 N–H and O–H groups in total. The Hall–Kier alpha value is -1.23. The maximum atomic E-state index is 13.2. The van der Waals surface area contributed by atoms with E-state index in [-0.39, 0.29) is 5.91 Å². The molecule has 2 fully saturated rings. The highest BCUT2D eigenvalue weighted by molar-refractivity contribution is 9.10. The Morgan fingerprint density at radius 1 is 1.13 bits per heavy atom. The van der Waals surface area contributed by atoms with Crippen molar-refractivity contribution in [3.05, 3.63) is 22.2 Å².